The van der Waals surface area contributed by atoms with Crippen LogP contribution in [0.3, 0.4) is 0 Å². The molecule has 0 radical (unpaired) electrons. The third-order valence-electron chi connectivity index (χ3n) is 3.42. The van der Waals surface area contributed by atoms with E-state index in [0.717, 1.165) is 0 Å². The summed E-state index contributed by atoms with van der Waals surface area (Å²) in [4.78, 5) is 23.3. The van der Waals surface area contributed by atoms with Gasteiger partial charge in [-0.05, 0) is 40.0 Å². The van der Waals surface area contributed by atoms with Gasteiger partial charge in [0.15, 0.2) is 6.10 Å². The molecule has 0 aliphatic carbocycles. The topological polar surface area (TPSA) is 73.9 Å². The monoisotopic (exact) mass is 333 g/mol. The average molecular weight is 333 g/mol. The zero-order chi connectivity index (χ0) is 17.5. The number of esters is 2. The van der Waals surface area contributed by atoms with Crippen LogP contribution in [0.2, 0.25) is 0 Å². The van der Waals surface area contributed by atoms with E-state index < -0.39 is 23.8 Å². The molecule has 1 unspecified atom stereocenters. The lowest BCUT2D eigenvalue weighted by Crippen LogP contribution is -2.45. The van der Waals surface area contributed by atoms with E-state index in [2.05, 4.69) is 10.1 Å². The Morgan fingerprint density at radius 2 is 2.00 bits per heavy atom. The number of nitrogens with one attached hydrogen (secondary N) is 1. The normalized spacial score (nSPS) is 22.7. The lowest BCUT2D eigenvalue weighted by Gasteiger charge is -2.27. The predicted octanol–water partition coefficient (Wildman–Crippen LogP) is 1.76. The standard InChI is InChI=1S/C16H28FNO5/c1-16(2,3)23-15(20)14(12-9-11(17)10-18-12)22-8-6-5-7-13(19)21-4/h11-12,14,18H,5-10H2,1-4H3/t11-,12-,14?/m0/s1. The molecule has 6 nitrogen and oxygen atoms in total. The molecule has 1 N–H and O–H groups in total. The van der Waals surface area contributed by atoms with Crippen molar-refractivity contribution < 1.29 is 28.2 Å². The highest BCUT2D eigenvalue weighted by Crippen LogP contribution is 2.19. The highest BCUT2D eigenvalue weighted by atomic mass is 19.1. The summed E-state index contributed by atoms with van der Waals surface area (Å²) in [5, 5.41) is 2.97. The minimum absolute atomic E-state index is 0.218. The van der Waals surface area contributed by atoms with E-state index in [1.807, 2.05) is 0 Å². The summed E-state index contributed by atoms with van der Waals surface area (Å²) in [6, 6.07) is -0.388. The Kier molecular flexibility index (Phi) is 7.91. The maximum atomic E-state index is 13.4. The Balaban J connectivity index is 2.48. The van der Waals surface area contributed by atoms with Crippen LogP contribution in [-0.4, -0.2) is 56.1 Å². The van der Waals surface area contributed by atoms with Crippen molar-refractivity contribution in [2.24, 2.45) is 0 Å². The number of hydrogen-bond donors (Lipinski definition) is 1. The van der Waals surface area contributed by atoms with Crippen molar-refractivity contribution in [3.05, 3.63) is 0 Å². The molecular weight excluding hydrogens is 305 g/mol. The van der Waals surface area contributed by atoms with Gasteiger partial charge < -0.3 is 19.5 Å². The second-order valence-electron chi connectivity index (χ2n) is 6.71. The van der Waals surface area contributed by atoms with E-state index >= 15 is 0 Å². The minimum Gasteiger partial charge on any atom is -0.469 e. The van der Waals surface area contributed by atoms with Crippen LogP contribution in [0, 0.1) is 0 Å². The van der Waals surface area contributed by atoms with Gasteiger partial charge in [0, 0.05) is 25.6 Å². The molecule has 1 rings (SSSR count). The summed E-state index contributed by atoms with van der Waals surface area (Å²) >= 11 is 0. The number of alkyl halides is 1. The molecule has 0 aromatic heterocycles. The molecule has 7 heteroatoms. The largest absolute Gasteiger partial charge is 0.469 e. The van der Waals surface area contributed by atoms with E-state index in [-0.39, 0.29) is 25.0 Å². The zero-order valence-corrected chi connectivity index (χ0v) is 14.4. The molecule has 0 bridgehead atoms. The molecule has 1 saturated heterocycles. The van der Waals surface area contributed by atoms with Gasteiger partial charge in [0.1, 0.15) is 11.8 Å². The fraction of sp³-hybridized carbons (Fsp3) is 0.875. The fourth-order valence-electron chi connectivity index (χ4n) is 2.34. The van der Waals surface area contributed by atoms with Gasteiger partial charge in [0.2, 0.25) is 0 Å². The number of ether oxygens (including phenoxy) is 3. The molecular formula is C16H28FNO5. The molecule has 0 spiro atoms. The number of carbonyl (C=O) groups is 2. The number of carbonyl (C=O) groups excluding carboxylic acids is 2. The molecule has 3 atom stereocenters. The van der Waals surface area contributed by atoms with Gasteiger partial charge >= 0.3 is 11.9 Å². The molecule has 1 fully saturated rings. The number of rotatable bonds is 8. The van der Waals surface area contributed by atoms with E-state index in [1.165, 1.54) is 7.11 Å². The van der Waals surface area contributed by atoms with Crippen LogP contribution in [0.25, 0.3) is 0 Å². The molecule has 0 amide bonds. The van der Waals surface area contributed by atoms with Crippen LogP contribution >= 0.6 is 0 Å². The maximum absolute atomic E-state index is 13.4. The fourth-order valence-corrected chi connectivity index (χ4v) is 2.34. The lowest BCUT2D eigenvalue weighted by atomic mass is 10.1. The van der Waals surface area contributed by atoms with Gasteiger partial charge in [-0.2, -0.15) is 0 Å². The Labute approximate surface area is 137 Å². The van der Waals surface area contributed by atoms with E-state index in [1.54, 1.807) is 20.8 Å². The van der Waals surface area contributed by atoms with Gasteiger partial charge in [0.05, 0.1) is 7.11 Å². The number of methoxy groups -OCH3 is 1. The Bertz CT molecular complexity index is 396. The maximum Gasteiger partial charge on any atom is 0.337 e. The molecule has 0 aromatic carbocycles. The number of hydrogen-bond acceptors (Lipinski definition) is 6. The second-order valence-corrected chi connectivity index (χ2v) is 6.71. The summed E-state index contributed by atoms with van der Waals surface area (Å²) in [6.45, 7) is 5.85. The first-order valence-corrected chi connectivity index (χ1v) is 8.01. The first-order valence-electron chi connectivity index (χ1n) is 8.01. The van der Waals surface area contributed by atoms with Crippen molar-refractivity contribution in [3.8, 4) is 0 Å². The van der Waals surface area contributed by atoms with Crippen LogP contribution in [0.1, 0.15) is 46.5 Å². The predicted molar refractivity (Wildman–Crippen MR) is 82.8 cm³/mol. The first-order chi connectivity index (χ1) is 10.7. The smallest absolute Gasteiger partial charge is 0.337 e. The number of unbranched alkanes of at least 4 members (excludes halogenated alkanes) is 1. The average Bonchev–Trinajstić information content (AvgIpc) is 2.86. The van der Waals surface area contributed by atoms with Gasteiger partial charge in [-0.3, -0.25) is 4.79 Å². The molecule has 0 saturated carbocycles. The Morgan fingerprint density at radius 1 is 1.30 bits per heavy atom. The lowest BCUT2D eigenvalue weighted by molar-refractivity contribution is -0.170. The summed E-state index contributed by atoms with van der Waals surface area (Å²) in [6.07, 6.45) is -0.0596. The SMILES string of the molecule is COC(=O)CCCCOC(C(=O)OC(C)(C)C)[C@@H]1C[C@H](F)CN1. The quantitative estimate of drug-likeness (QED) is 0.539. The molecule has 23 heavy (non-hydrogen) atoms. The van der Waals surface area contributed by atoms with Crippen molar-refractivity contribution in [3.63, 3.8) is 0 Å². The molecule has 1 aliphatic rings. The molecule has 134 valence electrons. The van der Waals surface area contributed by atoms with E-state index in [9.17, 15) is 14.0 Å². The van der Waals surface area contributed by atoms with Gasteiger partial charge in [-0.1, -0.05) is 0 Å². The molecule has 1 aliphatic heterocycles. The Morgan fingerprint density at radius 3 is 2.52 bits per heavy atom. The number of halogens is 1. The van der Waals surface area contributed by atoms with Crippen LogP contribution < -0.4 is 5.32 Å². The van der Waals surface area contributed by atoms with Crippen molar-refractivity contribution in [1.82, 2.24) is 5.32 Å². The highest BCUT2D eigenvalue weighted by Gasteiger charge is 2.37. The highest BCUT2D eigenvalue weighted by molar-refractivity contribution is 5.76. The van der Waals surface area contributed by atoms with Crippen molar-refractivity contribution in [2.45, 2.75) is 70.4 Å². The van der Waals surface area contributed by atoms with Crippen LogP contribution in [-0.2, 0) is 23.8 Å². The summed E-state index contributed by atoms with van der Waals surface area (Å²) in [5.41, 5.74) is -0.628. The van der Waals surface area contributed by atoms with Crippen molar-refractivity contribution in [2.75, 3.05) is 20.3 Å². The molecule has 0 aromatic rings. The van der Waals surface area contributed by atoms with Gasteiger partial charge in [-0.25, -0.2) is 9.18 Å². The molecule has 1 heterocycles. The third kappa shape index (κ3) is 7.74. The zero-order valence-electron chi connectivity index (χ0n) is 14.4. The first kappa shape index (κ1) is 19.8. The van der Waals surface area contributed by atoms with Crippen LogP contribution in [0.15, 0.2) is 0 Å². The van der Waals surface area contributed by atoms with Crippen LogP contribution in [0.5, 0.6) is 0 Å². The second kappa shape index (κ2) is 9.17. The van der Waals surface area contributed by atoms with Crippen molar-refractivity contribution >= 4 is 11.9 Å². The van der Waals surface area contributed by atoms with Crippen LogP contribution in [0.4, 0.5) is 4.39 Å². The Hall–Kier alpha value is -1.21. The summed E-state index contributed by atoms with van der Waals surface area (Å²) in [7, 11) is 1.34. The van der Waals surface area contributed by atoms with Gasteiger partial charge in [-0.15, -0.1) is 0 Å². The van der Waals surface area contributed by atoms with Crippen molar-refractivity contribution in [1.29, 1.82) is 0 Å². The van der Waals surface area contributed by atoms with E-state index in [0.29, 0.717) is 25.9 Å². The third-order valence-corrected chi connectivity index (χ3v) is 3.42. The minimum atomic E-state index is -0.979. The van der Waals surface area contributed by atoms with E-state index in [4.69, 9.17) is 9.47 Å². The summed E-state index contributed by atoms with van der Waals surface area (Å²) in [5.74, 6) is -0.761. The van der Waals surface area contributed by atoms with Gasteiger partial charge in [0.25, 0.3) is 0 Å². The summed E-state index contributed by atoms with van der Waals surface area (Å²) < 4.78 is 28.9.